The highest BCUT2D eigenvalue weighted by molar-refractivity contribution is 5.80. The molecule has 0 aromatic heterocycles. The van der Waals surface area contributed by atoms with Crippen LogP contribution in [0.2, 0.25) is 0 Å². The van der Waals surface area contributed by atoms with Gasteiger partial charge in [0, 0.05) is 13.3 Å². The van der Waals surface area contributed by atoms with Crippen molar-refractivity contribution in [1.82, 2.24) is 0 Å². The molecule has 0 heterocycles. The van der Waals surface area contributed by atoms with E-state index in [-0.39, 0.29) is 5.41 Å². The molecule has 1 nitrogen and oxygen atoms in total. The maximum absolute atomic E-state index is 3.98. The molecule has 0 N–H and O–H groups in total. The molecule has 0 saturated heterocycles. The van der Waals surface area contributed by atoms with E-state index in [2.05, 4.69) is 32.3 Å². The average Bonchev–Trinajstić information content (AvgIpc) is 1.85. The van der Waals surface area contributed by atoms with Crippen LogP contribution in [0.5, 0.6) is 0 Å². The van der Waals surface area contributed by atoms with Crippen molar-refractivity contribution in [3.8, 4) is 0 Å². The Hall–Kier alpha value is -0.850. The van der Waals surface area contributed by atoms with E-state index in [1.54, 1.807) is 13.1 Å². The molecule has 0 saturated carbocycles. The van der Waals surface area contributed by atoms with Gasteiger partial charge in [-0.05, 0) is 11.0 Å². The lowest BCUT2D eigenvalue weighted by molar-refractivity contribution is 0.526. The summed E-state index contributed by atoms with van der Waals surface area (Å²) in [5, 5.41) is 0. The molecule has 62 valence electrons. The van der Waals surface area contributed by atoms with Crippen LogP contribution in [0.4, 0.5) is 0 Å². The van der Waals surface area contributed by atoms with E-state index in [0.717, 1.165) is 0 Å². The van der Waals surface area contributed by atoms with Gasteiger partial charge >= 0.3 is 0 Å². The van der Waals surface area contributed by atoms with Crippen LogP contribution in [-0.4, -0.2) is 13.3 Å². The highest BCUT2D eigenvalue weighted by Crippen LogP contribution is 2.23. The first kappa shape index (κ1) is 10.2. The molecule has 0 aliphatic carbocycles. The summed E-state index contributed by atoms with van der Waals surface area (Å²) in [7, 11) is 1.78. The lowest BCUT2D eigenvalue weighted by Crippen LogP contribution is -2.10. The van der Waals surface area contributed by atoms with Crippen molar-refractivity contribution in [3.63, 3.8) is 0 Å². The topological polar surface area (TPSA) is 12.4 Å². The van der Waals surface area contributed by atoms with Crippen LogP contribution in [0.15, 0.2) is 29.3 Å². The second-order valence-corrected chi connectivity index (χ2v) is 3.50. The van der Waals surface area contributed by atoms with Gasteiger partial charge in [-0.3, -0.25) is 4.99 Å². The molecule has 0 atom stereocenters. The Morgan fingerprint density at radius 1 is 1.36 bits per heavy atom. The van der Waals surface area contributed by atoms with Crippen LogP contribution in [0.1, 0.15) is 20.8 Å². The zero-order valence-corrected chi connectivity index (χ0v) is 7.89. The molecule has 0 aliphatic rings. The Bertz CT molecular complexity index is 180. The molecule has 0 aromatic carbocycles. The van der Waals surface area contributed by atoms with E-state index in [1.165, 1.54) is 5.57 Å². The van der Waals surface area contributed by atoms with E-state index >= 15 is 0 Å². The smallest absolute Gasteiger partial charge is 0.0277 e. The molecule has 0 spiro atoms. The SMILES string of the molecule is C=C/C=C(\C=N/C)C(C)(C)C. The molecule has 0 radical (unpaired) electrons. The maximum Gasteiger partial charge on any atom is 0.0277 e. The molecule has 0 aliphatic heterocycles. The van der Waals surface area contributed by atoms with Crippen LogP contribution in [-0.2, 0) is 0 Å². The predicted molar refractivity (Wildman–Crippen MR) is 52.2 cm³/mol. The van der Waals surface area contributed by atoms with E-state index in [4.69, 9.17) is 0 Å². The van der Waals surface area contributed by atoms with Gasteiger partial charge in [-0.1, -0.05) is 39.5 Å². The van der Waals surface area contributed by atoms with Crippen molar-refractivity contribution >= 4 is 6.21 Å². The van der Waals surface area contributed by atoms with Crippen molar-refractivity contribution in [2.75, 3.05) is 7.05 Å². The van der Waals surface area contributed by atoms with Gasteiger partial charge in [-0.2, -0.15) is 0 Å². The highest BCUT2D eigenvalue weighted by Gasteiger charge is 2.13. The number of rotatable bonds is 2. The van der Waals surface area contributed by atoms with Gasteiger partial charge in [0.2, 0.25) is 0 Å². The van der Waals surface area contributed by atoms with Crippen LogP contribution < -0.4 is 0 Å². The quantitative estimate of drug-likeness (QED) is 0.425. The second kappa shape index (κ2) is 4.12. The number of hydrogen-bond acceptors (Lipinski definition) is 1. The van der Waals surface area contributed by atoms with Crippen LogP contribution in [0.25, 0.3) is 0 Å². The van der Waals surface area contributed by atoms with Crippen molar-refractivity contribution in [2.45, 2.75) is 20.8 Å². The lowest BCUT2D eigenvalue weighted by atomic mass is 9.87. The number of hydrogen-bond donors (Lipinski definition) is 0. The van der Waals surface area contributed by atoms with Crippen LogP contribution in [0.3, 0.4) is 0 Å². The van der Waals surface area contributed by atoms with Gasteiger partial charge in [-0.15, -0.1) is 0 Å². The first-order chi connectivity index (χ1) is 5.02. The fourth-order valence-electron chi connectivity index (χ4n) is 0.753. The van der Waals surface area contributed by atoms with Gasteiger partial charge in [0.1, 0.15) is 0 Å². The first-order valence-corrected chi connectivity index (χ1v) is 3.77. The Kier molecular flexibility index (Phi) is 3.80. The van der Waals surface area contributed by atoms with Gasteiger partial charge in [0.05, 0.1) is 0 Å². The fourth-order valence-corrected chi connectivity index (χ4v) is 0.753. The van der Waals surface area contributed by atoms with Crippen molar-refractivity contribution in [3.05, 3.63) is 24.3 Å². The lowest BCUT2D eigenvalue weighted by Gasteiger charge is -2.18. The third-order valence-corrected chi connectivity index (χ3v) is 1.43. The molecular weight excluding hydrogens is 134 g/mol. The fraction of sp³-hybridized carbons (Fsp3) is 0.500. The van der Waals surface area contributed by atoms with Crippen molar-refractivity contribution in [2.24, 2.45) is 10.4 Å². The molecule has 0 unspecified atom stereocenters. The van der Waals surface area contributed by atoms with E-state index in [9.17, 15) is 0 Å². The molecule has 1 heteroatoms. The Labute approximate surface area is 69.5 Å². The second-order valence-electron chi connectivity index (χ2n) is 3.50. The molecule has 11 heavy (non-hydrogen) atoms. The summed E-state index contributed by atoms with van der Waals surface area (Å²) in [6.45, 7) is 10.1. The average molecular weight is 151 g/mol. The minimum absolute atomic E-state index is 0.160. The summed E-state index contributed by atoms with van der Waals surface area (Å²) in [5.74, 6) is 0. The van der Waals surface area contributed by atoms with Crippen LogP contribution >= 0.6 is 0 Å². The normalized spacial score (nSPS) is 14.0. The summed E-state index contributed by atoms with van der Waals surface area (Å²) < 4.78 is 0. The third-order valence-electron chi connectivity index (χ3n) is 1.43. The summed E-state index contributed by atoms with van der Waals surface area (Å²) in [4.78, 5) is 3.98. The highest BCUT2D eigenvalue weighted by atomic mass is 14.6. The first-order valence-electron chi connectivity index (χ1n) is 3.77. The van der Waals surface area contributed by atoms with Gasteiger partial charge in [-0.25, -0.2) is 0 Å². The molecule has 0 rings (SSSR count). The predicted octanol–water partition coefficient (Wildman–Crippen LogP) is 2.85. The van der Waals surface area contributed by atoms with Crippen LogP contribution in [0, 0.1) is 5.41 Å². The monoisotopic (exact) mass is 151 g/mol. The zero-order valence-electron chi connectivity index (χ0n) is 7.89. The number of aliphatic imine (C=N–C) groups is 1. The largest absolute Gasteiger partial charge is 0.296 e. The molecule has 0 aromatic rings. The van der Waals surface area contributed by atoms with E-state index in [1.807, 2.05) is 12.3 Å². The van der Waals surface area contributed by atoms with Gasteiger partial charge in [0.15, 0.2) is 0 Å². The third kappa shape index (κ3) is 3.76. The molecular formula is C10H17N. The van der Waals surface area contributed by atoms with Gasteiger partial charge < -0.3 is 0 Å². The van der Waals surface area contributed by atoms with Gasteiger partial charge in [0.25, 0.3) is 0 Å². The number of allylic oxidation sites excluding steroid dienone is 3. The summed E-state index contributed by atoms with van der Waals surface area (Å²) in [5.41, 5.74) is 1.36. The summed E-state index contributed by atoms with van der Waals surface area (Å²) in [6.07, 6.45) is 5.66. The standard InChI is InChI=1S/C10H17N/c1-6-7-9(8-11-5)10(2,3)4/h6-8H,1H2,2-5H3/b9-7+,11-8-. The summed E-state index contributed by atoms with van der Waals surface area (Å²) >= 11 is 0. The van der Waals surface area contributed by atoms with E-state index in [0.29, 0.717) is 0 Å². The van der Waals surface area contributed by atoms with Crippen molar-refractivity contribution in [1.29, 1.82) is 0 Å². The summed E-state index contributed by atoms with van der Waals surface area (Å²) in [6, 6.07) is 0. The van der Waals surface area contributed by atoms with E-state index < -0.39 is 0 Å². The number of nitrogens with zero attached hydrogens (tertiary/aromatic N) is 1. The molecule has 0 bridgehead atoms. The maximum atomic E-state index is 3.98. The minimum atomic E-state index is 0.160. The van der Waals surface area contributed by atoms with Crippen molar-refractivity contribution < 1.29 is 0 Å². The molecule has 0 amide bonds. The minimum Gasteiger partial charge on any atom is -0.296 e. The Balaban J connectivity index is 4.61. The Morgan fingerprint density at radius 3 is 2.18 bits per heavy atom. The molecule has 0 fully saturated rings. The Morgan fingerprint density at radius 2 is 1.91 bits per heavy atom. The zero-order chi connectivity index (χ0) is 8.91.